The normalized spacial score (nSPS) is 33.8. The predicted molar refractivity (Wildman–Crippen MR) is 65.9 cm³/mol. The molecule has 2 rings (SSSR count). The third-order valence-corrected chi connectivity index (χ3v) is 4.51. The molecule has 88 valence electrons. The molecule has 0 saturated heterocycles. The lowest BCUT2D eigenvalue weighted by molar-refractivity contribution is -0.124. The smallest absolute Gasteiger partial charge is 0.136 e. The summed E-state index contributed by atoms with van der Waals surface area (Å²) in [6, 6.07) is 0. The van der Waals surface area contributed by atoms with Gasteiger partial charge in [0.05, 0.1) is 0 Å². The molecule has 3 unspecified atom stereocenters. The highest BCUT2D eigenvalue weighted by molar-refractivity contribution is 5.81. The van der Waals surface area contributed by atoms with E-state index in [4.69, 9.17) is 6.42 Å². The van der Waals surface area contributed by atoms with E-state index in [0.717, 1.165) is 24.7 Å². The van der Waals surface area contributed by atoms with Crippen LogP contribution in [0.2, 0.25) is 0 Å². The molecule has 0 aromatic carbocycles. The maximum absolute atomic E-state index is 11.9. The summed E-state index contributed by atoms with van der Waals surface area (Å²) >= 11 is 0. The standard InChI is InChI=1S/C15H22O/c1-2-3-8-15(16)14-10-9-12-6-4-5-7-13(12)11-14/h1,12-14H,3-11H2. The van der Waals surface area contributed by atoms with Gasteiger partial charge < -0.3 is 0 Å². The minimum Gasteiger partial charge on any atom is -0.299 e. The summed E-state index contributed by atoms with van der Waals surface area (Å²) in [6.07, 6.45) is 15.6. The summed E-state index contributed by atoms with van der Waals surface area (Å²) in [7, 11) is 0. The molecule has 0 aliphatic heterocycles. The van der Waals surface area contributed by atoms with Crippen molar-refractivity contribution in [3.05, 3.63) is 0 Å². The van der Waals surface area contributed by atoms with Crippen molar-refractivity contribution in [3.8, 4) is 12.3 Å². The van der Waals surface area contributed by atoms with Crippen LogP contribution in [0.3, 0.4) is 0 Å². The molecule has 0 aromatic heterocycles. The number of Topliss-reactive ketones (excluding diaryl/α,β-unsaturated/α-hetero) is 1. The van der Waals surface area contributed by atoms with Crippen molar-refractivity contribution in [2.75, 3.05) is 0 Å². The van der Waals surface area contributed by atoms with E-state index in [1.807, 2.05) is 0 Å². The van der Waals surface area contributed by atoms with Gasteiger partial charge in [-0.3, -0.25) is 4.79 Å². The molecule has 2 fully saturated rings. The largest absolute Gasteiger partial charge is 0.299 e. The fraction of sp³-hybridized carbons (Fsp3) is 0.800. The molecular weight excluding hydrogens is 196 g/mol. The van der Waals surface area contributed by atoms with Crippen LogP contribution in [0.5, 0.6) is 0 Å². The average molecular weight is 218 g/mol. The molecular formula is C15H22O. The SMILES string of the molecule is C#CCCC(=O)C1CCC2CCCCC2C1. The average Bonchev–Trinajstić information content (AvgIpc) is 2.35. The van der Waals surface area contributed by atoms with Gasteiger partial charge in [0.25, 0.3) is 0 Å². The van der Waals surface area contributed by atoms with Gasteiger partial charge in [0.15, 0.2) is 0 Å². The molecule has 0 spiro atoms. The second-order valence-electron chi connectivity index (χ2n) is 5.49. The Morgan fingerprint density at radius 3 is 2.62 bits per heavy atom. The molecule has 0 amide bonds. The summed E-state index contributed by atoms with van der Waals surface area (Å²) in [5.41, 5.74) is 0. The number of ketones is 1. The van der Waals surface area contributed by atoms with E-state index in [1.54, 1.807) is 0 Å². The Bertz CT molecular complexity index is 286. The van der Waals surface area contributed by atoms with Crippen molar-refractivity contribution in [2.45, 2.75) is 57.8 Å². The van der Waals surface area contributed by atoms with Crippen LogP contribution in [0, 0.1) is 30.1 Å². The first-order chi connectivity index (χ1) is 7.81. The minimum absolute atomic E-state index is 0.340. The number of terminal acetylenes is 1. The van der Waals surface area contributed by atoms with Crippen LogP contribution in [0.25, 0.3) is 0 Å². The number of rotatable bonds is 3. The molecule has 2 aliphatic carbocycles. The lowest BCUT2D eigenvalue weighted by atomic mass is 9.66. The zero-order valence-electron chi connectivity index (χ0n) is 10.1. The number of carbonyl (C=O) groups is 1. The highest BCUT2D eigenvalue weighted by Crippen LogP contribution is 2.43. The molecule has 0 aromatic rings. The quantitative estimate of drug-likeness (QED) is 0.662. The van der Waals surface area contributed by atoms with E-state index in [-0.39, 0.29) is 0 Å². The first-order valence-electron chi connectivity index (χ1n) is 6.77. The van der Waals surface area contributed by atoms with Gasteiger partial charge in [-0.25, -0.2) is 0 Å². The Balaban J connectivity index is 1.85. The van der Waals surface area contributed by atoms with Gasteiger partial charge in [0, 0.05) is 18.8 Å². The van der Waals surface area contributed by atoms with E-state index in [1.165, 1.54) is 32.1 Å². The molecule has 2 saturated carbocycles. The maximum atomic E-state index is 11.9. The molecule has 0 bridgehead atoms. The van der Waals surface area contributed by atoms with Gasteiger partial charge in [0.1, 0.15) is 5.78 Å². The predicted octanol–water partition coefficient (Wildman–Crippen LogP) is 3.58. The number of hydrogen-bond acceptors (Lipinski definition) is 1. The van der Waals surface area contributed by atoms with E-state index in [2.05, 4.69) is 5.92 Å². The van der Waals surface area contributed by atoms with E-state index in [9.17, 15) is 4.79 Å². The summed E-state index contributed by atoms with van der Waals surface area (Å²) in [5, 5.41) is 0. The van der Waals surface area contributed by atoms with Gasteiger partial charge in [-0.15, -0.1) is 12.3 Å². The number of hydrogen-bond donors (Lipinski definition) is 0. The molecule has 0 N–H and O–H groups in total. The van der Waals surface area contributed by atoms with Gasteiger partial charge >= 0.3 is 0 Å². The Kier molecular flexibility index (Phi) is 4.04. The Labute approximate surface area is 99.0 Å². The molecule has 0 heterocycles. The van der Waals surface area contributed by atoms with Crippen molar-refractivity contribution >= 4 is 5.78 Å². The van der Waals surface area contributed by atoms with E-state index in [0.29, 0.717) is 24.5 Å². The second kappa shape index (κ2) is 5.53. The third kappa shape index (κ3) is 2.67. The van der Waals surface area contributed by atoms with Crippen LogP contribution in [-0.4, -0.2) is 5.78 Å². The summed E-state index contributed by atoms with van der Waals surface area (Å²) in [5.74, 6) is 5.13. The maximum Gasteiger partial charge on any atom is 0.136 e. The van der Waals surface area contributed by atoms with Crippen LogP contribution in [0.1, 0.15) is 57.8 Å². The van der Waals surface area contributed by atoms with Gasteiger partial charge in [-0.2, -0.15) is 0 Å². The van der Waals surface area contributed by atoms with Crippen LogP contribution in [-0.2, 0) is 4.79 Å². The highest BCUT2D eigenvalue weighted by Gasteiger charge is 2.34. The van der Waals surface area contributed by atoms with Gasteiger partial charge in [-0.05, 0) is 31.1 Å². The van der Waals surface area contributed by atoms with Crippen LogP contribution >= 0.6 is 0 Å². The van der Waals surface area contributed by atoms with Gasteiger partial charge in [-0.1, -0.05) is 25.7 Å². The molecule has 16 heavy (non-hydrogen) atoms. The van der Waals surface area contributed by atoms with E-state index >= 15 is 0 Å². The van der Waals surface area contributed by atoms with E-state index < -0.39 is 0 Å². The topological polar surface area (TPSA) is 17.1 Å². The lowest BCUT2D eigenvalue weighted by Crippen LogP contribution is -2.31. The van der Waals surface area contributed by atoms with Crippen molar-refractivity contribution in [3.63, 3.8) is 0 Å². The Morgan fingerprint density at radius 2 is 1.88 bits per heavy atom. The zero-order valence-corrected chi connectivity index (χ0v) is 10.1. The summed E-state index contributed by atoms with van der Waals surface area (Å²) < 4.78 is 0. The molecule has 2 aliphatic rings. The molecule has 1 heteroatoms. The number of fused-ring (bicyclic) bond motifs is 1. The molecule has 0 radical (unpaired) electrons. The zero-order chi connectivity index (χ0) is 11.4. The van der Waals surface area contributed by atoms with Crippen molar-refractivity contribution in [2.24, 2.45) is 17.8 Å². The first-order valence-corrected chi connectivity index (χ1v) is 6.77. The Morgan fingerprint density at radius 1 is 1.12 bits per heavy atom. The summed E-state index contributed by atoms with van der Waals surface area (Å²) in [4.78, 5) is 11.9. The Hall–Kier alpha value is -0.770. The second-order valence-corrected chi connectivity index (χ2v) is 5.49. The third-order valence-electron chi connectivity index (χ3n) is 4.51. The number of carbonyl (C=O) groups excluding carboxylic acids is 1. The van der Waals surface area contributed by atoms with Crippen molar-refractivity contribution in [1.82, 2.24) is 0 Å². The fourth-order valence-electron chi connectivity index (χ4n) is 3.57. The van der Waals surface area contributed by atoms with Gasteiger partial charge in [0.2, 0.25) is 0 Å². The molecule has 1 nitrogen and oxygen atoms in total. The highest BCUT2D eigenvalue weighted by atomic mass is 16.1. The lowest BCUT2D eigenvalue weighted by Gasteiger charge is -2.38. The van der Waals surface area contributed by atoms with Crippen molar-refractivity contribution < 1.29 is 4.79 Å². The van der Waals surface area contributed by atoms with Crippen LogP contribution in [0.15, 0.2) is 0 Å². The monoisotopic (exact) mass is 218 g/mol. The first kappa shape index (κ1) is 11.7. The minimum atomic E-state index is 0.340. The van der Waals surface area contributed by atoms with Crippen LogP contribution < -0.4 is 0 Å². The van der Waals surface area contributed by atoms with Crippen molar-refractivity contribution in [1.29, 1.82) is 0 Å². The van der Waals surface area contributed by atoms with Crippen LogP contribution in [0.4, 0.5) is 0 Å². The fourth-order valence-corrected chi connectivity index (χ4v) is 3.57. The summed E-state index contributed by atoms with van der Waals surface area (Å²) in [6.45, 7) is 0. The molecule has 3 atom stereocenters.